The quantitative estimate of drug-likeness (QED) is 0.315. The highest BCUT2D eigenvalue weighted by molar-refractivity contribution is 6.32. The van der Waals surface area contributed by atoms with E-state index >= 15 is 0 Å². The molecule has 3 aromatic rings. The molecule has 1 unspecified atom stereocenters. The first-order valence-electron chi connectivity index (χ1n) is 12.7. The average Bonchev–Trinajstić information content (AvgIpc) is 3.17. The van der Waals surface area contributed by atoms with Gasteiger partial charge in [-0.15, -0.1) is 0 Å². The number of aliphatic hydroxyl groups is 1. The van der Waals surface area contributed by atoms with Crippen LogP contribution in [0.3, 0.4) is 0 Å². The fraction of sp³-hybridized carbons (Fsp3) is 0.500. The molecule has 35 heavy (non-hydrogen) atoms. The second-order valence-electron chi connectivity index (χ2n) is 11.1. The van der Waals surface area contributed by atoms with E-state index < -0.39 is 0 Å². The Morgan fingerprint density at radius 1 is 1.06 bits per heavy atom. The summed E-state index contributed by atoms with van der Waals surface area (Å²) in [6.45, 7) is 13.0. The number of benzene rings is 2. The lowest BCUT2D eigenvalue weighted by Gasteiger charge is -2.22. The van der Waals surface area contributed by atoms with Gasteiger partial charge in [0.1, 0.15) is 11.6 Å². The summed E-state index contributed by atoms with van der Waals surface area (Å²) >= 11 is 6.47. The van der Waals surface area contributed by atoms with Crippen LogP contribution in [0.15, 0.2) is 48.7 Å². The topological polar surface area (TPSA) is 47.3 Å². The van der Waals surface area contributed by atoms with E-state index in [1.165, 1.54) is 11.1 Å². The highest BCUT2D eigenvalue weighted by atomic mass is 35.5. The molecule has 190 valence electrons. The van der Waals surface area contributed by atoms with Crippen LogP contribution in [0.25, 0.3) is 11.3 Å². The first-order valence-corrected chi connectivity index (χ1v) is 13.1. The van der Waals surface area contributed by atoms with Crippen molar-refractivity contribution in [2.24, 2.45) is 13.0 Å². The van der Waals surface area contributed by atoms with Crippen LogP contribution in [0.4, 0.5) is 0 Å². The Labute approximate surface area is 216 Å². The summed E-state index contributed by atoms with van der Waals surface area (Å²) < 4.78 is 7.89. The molecule has 2 aromatic carbocycles. The first kappa shape index (κ1) is 27.3. The van der Waals surface area contributed by atoms with Gasteiger partial charge in [-0.3, -0.25) is 0 Å². The van der Waals surface area contributed by atoms with E-state index in [9.17, 15) is 5.11 Å². The van der Waals surface area contributed by atoms with Crippen LogP contribution in [-0.2, 0) is 18.9 Å². The van der Waals surface area contributed by atoms with Gasteiger partial charge in [-0.25, -0.2) is 4.98 Å². The fourth-order valence-electron chi connectivity index (χ4n) is 4.74. The van der Waals surface area contributed by atoms with Crippen LogP contribution in [0, 0.1) is 5.92 Å². The molecule has 4 nitrogen and oxygen atoms in total. The molecule has 0 radical (unpaired) electrons. The van der Waals surface area contributed by atoms with E-state index in [0.29, 0.717) is 16.9 Å². The number of halogens is 1. The standard InChI is InChI=1S/C30H41ClN2O2/c1-20(2)35-28-13-12-25(18-26(28)31)21(3)16-23(14-15-34)17-22-8-10-24(11-9-22)27-19-33(7)29(32-27)30(4,5)6/h8-13,18-21,23,34H,14-17H2,1-7H3/t21?,23-/m0/s1. The van der Waals surface area contributed by atoms with Crippen molar-refractivity contribution in [3.05, 3.63) is 70.6 Å². The van der Waals surface area contributed by atoms with Gasteiger partial charge < -0.3 is 14.4 Å². The Morgan fingerprint density at radius 2 is 1.74 bits per heavy atom. The van der Waals surface area contributed by atoms with E-state index in [1.54, 1.807) is 0 Å². The molecule has 0 saturated heterocycles. The predicted molar refractivity (Wildman–Crippen MR) is 146 cm³/mol. The van der Waals surface area contributed by atoms with Gasteiger partial charge >= 0.3 is 0 Å². The Bertz CT molecular complexity index is 1100. The lowest BCUT2D eigenvalue weighted by Crippen LogP contribution is -2.17. The summed E-state index contributed by atoms with van der Waals surface area (Å²) in [7, 11) is 2.06. The van der Waals surface area contributed by atoms with Gasteiger partial charge in [0, 0.05) is 30.8 Å². The number of aryl methyl sites for hydroxylation is 1. The average molecular weight is 497 g/mol. The maximum Gasteiger partial charge on any atom is 0.138 e. The second kappa shape index (κ2) is 11.6. The zero-order chi connectivity index (χ0) is 25.8. The maximum atomic E-state index is 9.70. The van der Waals surface area contributed by atoms with Gasteiger partial charge in [-0.1, -0.05) is 69.6 Å². The number of rotatable bonds is 10. The molecular formula is C30H41ClN2O2. The molecule has 5 heteroatoms. The zero-order valence-corrected chi connectivity index (χ0v) is 23.1. The third-order valence-corrected chi connectivity index (χ3v) is 6.73. The Hall–Kier alpha value is -2.30. The van der Waals surface area contributed by atoms with Crippen molar-refractivity contribution in [3.8, 4) is 17.0 Å². The summed E-state index contributed by atoms with van der Waals surface area (Å²) in [6, 6.07) is 14.8. The summed E-state index contributed by atoms with van der Waals surface area (Å²) in [5, 5.41) is 10.4. The number of imidazole rings is 1. The van der Waals surface area contributed by atoms with E-state index in [4.69, 9.17) is 21.3 Å². The number of ether oxygens (including phenoxy) is 1. The molecule has 0 saturated carbocycles. The number of hydrogen-bond acceptors (Lipinski definition) is 3. The predicted octanol–water partition coefficient (Wildman–Crippen LogP) is 7.56. The minimum absolute atomic E-state index is 0.00709. The van der Waals surface area contributed by atoms with Gasteiger partial charge in [-0.05, 0) is 68.2 Å². The molecule has 0 aliphatic carbocycles. The van der Waals surface area contributed by atoms with Crippen molar-refractivity contribution in [3.63, 3.8) is 0 Å². The van der Waals surface area contributed by atoms with Gasteiger partial charge in [-0.2, -0.15) is 0 Å². The van der Waals surface area contributed by atoms with Crippen molar-refractivity contribution in [1.29, 1.82) is 0 Å². The van der Waals surface area contributed by atoms with Crippen LogP contribution < -0.4 is 4.74 Å². The molecule has 1 N–H and O–H groups in total. The van der Waals surface area contributed by atoms with E-state index in [-0.39, 0.29) is 18.1 Å². The molecule has 1 heterocycles. The molecule has 3 rings (SSSR count). The molecule has 0 amide bonds. The summed E-state index contributed by atoms with van der Waals surface area (Å²) in [6.07, 6.45) is 4.90. The van der Waals surface area contributed by atoms with Crippen molar-refractivity contribution in [2.45, 2.75) is 78.2 Å². The van der Waals surface area contributed by atoms with Gasteiger partial charge in [0.05, 0.1) is 16.8 Å². The largest absolute Gasteiger partial charge is 0.489 e. The van der Waals surface area contributed by atoms with Crippen molar-refractivity contribution in [1.82, 2.24) is 9.55 Å². The first-order chi connectivity index (χ1) is 16.5. The van der Waals surface area contributed by atoms with Gasteiger partial charge in [0.15, 0.2) is 0 Å². The SMILES string of the molecule is CC(C)Oc1ccc(C(C)C[C@H](CCO)Cc2ccc(-c3cn(C)c(C(C)(C)C)n3)cc2)cc1Cl. The highest BCUT2D eigenvalue weighted by Crippen LogP contribution is 2.33. The fourth-order valence-corrected chi connectivity index (χ4v) is 4.98. The number of aliphatic hydroxyl groups excluding tert-OH is 1. The Kier molecular flexibility index (Phi) is 9.06. The van der Waals surface area contributed by atoms with Gasteiger partial charge in [0.2, 0.25) is 0 Å². The third kappa shape index (κ3) is 7.35. The van der Waals surface area contributed by atoms with Gasteiger partial charge in [0.25, 0.3) is 0 Å². The molecule has 0 fully saturated rings. The van der Waals surface area contributed by atoms with E-state index in [0.717, 1.165) is 42.1 Å². The van der Waals surface area contributed by atoms with Crippen LogP contribution in [0.1, 0.15) is 77.3 Å². The van der Waals surface area contributed by atoms with Crippen molar-refractivity contribution < 1.29 is 9.84 Å². The van der Waals surface area contributed by atoms with Crippen LogP contribution in [0.2, 0.25) is 5.02 Å². The monoisotopic (exact) mass is 496 g/mol. The molecule has 0 aliphatic rings. The highest BCUT2D eigenvalue weighted by Gasteiger charge is 2.21. The molecule has 0 bridgehead atoms. The zero-order valence-electron chi connectivity index (χ0n) is 22.3. The summed E-state index contributed by atoms with van der Waals surface area (Å²) in [5.41, 5.74) is 4.63. The van der Waals surface area contributed by atoms with Crippen molar-refractivity contribution in [2.75, 3.05) is 6.61 Å². The molecule has 0 aliphatic heterocycles. The number of aromatic nitrogens is 2. The minimum atomic E-state index is 0.00709. The molecular weight excluding hydrogens is 456 g/mol. The molecule has 2 atom stereocenters. The Balaban J connectivity index is 1.69. The normalized spacial score (nSPS) is 13.8. The van der Waals surface area contributed by atoms with Crippen LogP contribution in [0.5, 0.6) is 5.75 Å². The van der Waals surface area contributed by atoms with Crippen LogP contribution >= 0.6 is 11.6 Å². The smallest absolute Gasteiger partial charge is 0.138 e. The van der Waals surface area contributed by atoms with E-state index in [1.807, 2.05) is 26.0 Å². The lowest BCUT2D eigenvalue weighted by molar-refractivity contribution is 0.242. The van der Waals surface area contributed by atoms with Crippen molar-refractivity contribution >= 4 is 11.6 Å². The number of hydrogen-bond donors (Lipinski definition) is 1. The summed E-state index contributed by atoms with van der Waals surface area (Å²) in [5.74, 6) is 2.53. The summed E-state index contributed by atoms with van der Waals surface area (Å²) in [4.78, 5) is 4.88. The molecule has 0 spiro atoms. The Morgan fingerprint density at radius 3 is 2.29 bits per heavy atom. The second-order valence-corrected chi connectivity index (χ2v) is 11.5. The maximum absolute atomic E-state index is 9.70. The third-order valence-electron chi connectivity index (χ3n) is 6.43. The van der Waals surface area contributed by atoms with Crippen LogP contribution in [-0.4, -0.2) is 27.4 Å². The number of nitrogens with zero attached hydrogens (tertiary/aromatic N) is 2. The van der Waals surface area contributed by atoms with E-state index in [2.05, 4.69) is 75.8 Å². The lowest BCUT2D eigenvalue weighted by atomic mass is 9.85. The molecule has 1 aromatic heterocycles. The minimum Gasteiger partial charge on any atom is -0.489 e.